The lowest BCUT2D eigenvalue weighted by Crippen LogP contribution is -2.46. The molecule has 0 aliphatic heterocycles. The average Bonchev–Trinajstić information content (AvgIpc) is 2.96. The quantitative estimate of drug-likeness (QED) is 0.620. The molecule has 0 bridgehead atoms. The highest BCUT2D eigenvalue weighted by Gasteiger charge is 2.20. The van der Waals surface area contributed by atoms with E-state index in [4.69, 9.17) is 0 Å². The van der Waals surface area contributed by atoms with Crippen molar-refractivity contribution in [3.8, 4) is 0 Å². The molecule has 1 aliphatic carbocycles. The highest BCUT2D eigenvalue weighted by atomic mass is 16.2. The summed E-state index contributed by atoms with van der Waals surface area (Å²) < 4.78 is 0. The van der Waals surface area contributed by atoms with E-state index in [1.807, 2.05) is 20.8 Å². The standard InChI is InChI=1S/C12H23N3O2/c1-12(2,3)15-11(17)8-14-10(16)6-7-13-9-4-5-9/h9,13H,4-8H2,1-3H3,(H,14,16)(H,15,17). The maximum atomic E-state index is 11.4. The van der Waals surface area contributed by atoms with Gasteiger partial charge in [0.05, 0.1) is 6.54 Å². The van der Waals surface area contributed by atoms with Crippen LogP contribution in [-0.2, 0) is 9.59 Å². The van der Waals surface area contributed by atoms with E-state index < -0.39 is 0 Å². The van der Waals surface area contributed by atoms with Crippen LogP contribution in [-0.4, -0.2) is 36.5 Å². The predicted octanol–water partition coefficient (Wildman–Crippen LogP) is 0.159. The van der Waals surface area contributed by atoms with E-state index in [0.29, 0.717) is 19.0 Å². The van der Waals surface area contributed by atoms with Gasteiger partial charge in [-0.3, -0.25) is 9.59 Å². The monoisotopic (exact) mass is 241 g/mol. The summed E-state index contributed by atoms with van der Waals surface area (Å²) >= 11 is 0. The predicted molar refractivity (Wildman–Crippen MR) is 66.5 cm³/mol. The Hall–Kier alpha value is -1.10. The van der Waals surface area contributed by atoms with E-state index in [2.05, 4.69) is 16.0 Å². The lowest BCUT2D eigenvalue weighted by Gasteiger charge is -2.20. The van der Waals surface area contributed by atoms with Crippen molar-refractivity contribution >= 4 is 11.8 Å². The summed E-state index contributed by atoms with van der Waals surface area (Å²) in [6, 6.07) is 0.618. The lowest BCUT2D eigenvalue weighted by molar-refractivity contribution is -0.126. The van der Waals surface area contributed by atoms with E-state index in [1.54, 1.807) is 0 Å². The Morgan fingerprint density at radius 2 is 1.82 bits per heavy atom. The zero-order chi connectivity index (χ0) is 12.9. The Kier molecular flexibility index (Phi) is 4.93. The second-order valence-electron chi connectivity index (χ2n) is 5.55. The van der Waals surface area contributed by atoms with Crippen LogP contribution in [0.25, 0.3) is 0 Å². The molecule has 5 heteroatoms. The van der Waals surface area contributed by atoms with Crippen LogP contribution >= 0.6 is 0 Å². The smallest absolute Gasteiger partial charge is 0.239 e. The molecule has 98 valence electrons. The number of hydrogen-bond acceptors (Lipinski definition) is 3. The van der Waals surface area contributed by atoms with Gasteiger partial charge in [0, 0.05) is 24.5 Å². The van der Waals surface area contributed by atoms with E-state index in [9.17, 15) is 9.59 Å². The first-order valence-corrected chi connectivity index (χ1v) is 6.18. The van der Waals surface area contributed by atoms with Crippen molar-refractivity contribution in [3.05, 3.63) is 0 Å². The molecule has 0 aromatic rings. The van der Waals surface area contributed by atoms with Crippen LogP contribution in [0.5, 0.6) is 0 Å². The van der Waals surface area contributed by atoms with Gasteiger partial charge in [-0.1, -0.05) is 0 Å². The van der Waals surface area contributed by atoms with Gasteiger partial charge < -0.3 is 16.0 Å². The Balaban J connectivity index is 2.03. The first-order valence-electron chi connectivity index (χ1n) is 6.18. The number of carbonyl (C=O) groups excluding carboxylic acids is 2. The summed E-state index contributed by atoms with van der Waals surface area (Å²) in [5.74, 6) is -0.233. The third kappa shape index (κ3) is 7.74. The number of carbonyl (C=O) groups is 2. The largest absolute Gasteiger partial charge is 0.350 e. The van der Waals surface area contributed by atoms with Gasteiger partial charge in [-0.15, -0.1) is 0 Å². The third-order valence-corrected chi connectivity index (χ3v) is 2.32. The van der Waals surface area contributed by atoms with Crippen LogP contribution in [0.2, 0.25) is 0 Å². The molecule has 0 atom stereocenters. The number of hydrogen-bond donors (Lipinski definition) is 3. The summed E-state index contributed by atoms with van der Waals surface area (Å²) in [6.07, 6.45) is 2.87. The van der Waals surface area contributed by atoms with Crippen molar-refractivity contribution in [1.29, 1.82) is 0 Å². The SMILES string of the molecule is CC(C)(C)NC(=O)CNC(=O)CCNC1CC1. The Morgan fingerprint density at radius 3 is 2.35 bits per heavy atom. The van der Waals surface area contributed by atoms with Crippen LogP contribution in [0.15, 0.2) is 0 Å². The van der Waals surface area contributed by atoms with Crippen molar-refractivity contribution in [2.45, 2.75) is 51.6 Å². The van der Waals surface area contributed by atoms with Gasteiger partial charge in [-0.2, -0.15) is 0 Å². The Labute approximate surface area is 103 Å². The molecule has 5 nitrogen and oxygen atoms in total. The van der Waals surface area contributed by atoms with Gasteiger partial charge in [0.2, 0.25) is 11.8 Å². The summed E-state index contributed by atoms with van der Waals surface area (Å²) in [5, 5.41) is 8.65. The molecule has 1 rings (SSSR count). The fourth-order valence-corrected chi connectivity index (χ4v) is 1.41. The second-order valence-corrected chi connectivity index (χ2v) is 5.55. The topological polar surface area (TPSA) is 70.2 Å². The first kappa shape index (κ1) is 14.0. The molecule has 1 saturated carbocycles. The molecule has 0 saturated heterocycles. The van der Waals surface area contributed by atoms with Crippen LogP contribution < -0.4 is 16.0 Å². The van der Waals surface area contributed by atoms with Gasteiger partial charge in [-0.25, -0.2) is 0 Å². The van der Waals surface area contributed by atoms with E-state index >= 15 is 0 Å². The lowest BCUT2D eigenvalue weighted by atomic mass is 10.1. The fraction of sp³-hybridized carbons (Fsp3) is 0.833. The number of amides is 2. The van der Waals surface area contributed by atoms with Crippen molar-refractivity contribution in [2.75, 3.05) is 13.1 Å². The second kappa shape index (κ2) is 6.00. The van der Waals surface area contributed by atoms with Crippen molar-refractivity contribution < 1.29 is 9.59 Å². The van der Waals surface area contributed by atoms with E-state index in [1.165, 1.54) is 12.8 Å². The van der Waals surface area contributed by atoms with Gasteiger partial charge in [0.25, 0.3) is 0 Å². The van der Waals surface area contributed by atoms with Crippen LogP contribution in [0.3, 0.4) is 0 Å². The molecule has 0 unspecified atom stereocenters. The maximum Gasteiger partial charge on any atom is 0.239 e. The van der Waals surface area contributed by atoms with Gasteiger partial charge in [0.15, 0.2) is 0 Å². The van der Waals surface area contributed by atoms with Gasteiger partial charge in [-0.05, 0) is 33.6 Å². The third-order valence-electron chi connectivity index (χ3n) is 2.32. The molecule has 1 aliphatic rings. The van der Waals surface area contributed by atoms with Crippen LogP contribution in [0, 0.1) is 0 Å². The highest BCUT2D eigenvalue weighted by Crippen LogP contribution is 2.18. The van der Waals surface area contributed by atoms with Gasteiger partial charge >= 0.3 is 0 Å². The minimum absolute atomic E-state index is 0.0551. The number of rotatable bonds is 6. The molecule has 0 heterocycles. The summed E-state index contributed by atoms with van der Waals surface area (Å²) in [7, 11) is 0. The molecule has 17 heavy (non-hydrogen) atoms. The molecule has 1 fully saturated rings. The van der Waals surface area contributed by atoms with Crippen molar-refractivity contribution in [2.24, 2.45) is 0 Å². The minimum Gasteiger partial charge on any atom is -0.350 e. The fourth-order valence-electron chi connectivity index (χ4n) is 1.41. The Bertz CT molecular complexity index is 280. The molecule has 0 spiro atoms. The average molecular weight is 241 g/mol. The summed E-state index contributed by atoms with van der Waals surface area (Å²) in [5.41, 5.74) is -0.255. The Morgan fingerprint density at radius 1 is 1.18 bits per heavy atom. The normalized spacial score (nSPS) is 15.5. The maximum absolute atomic E-state index is 11.4. The summed E-state index contributed by atoms with van der Waals surface area (Å²) in [4.78, 5) is 22.8. The van der Waals surface area contributed by atoms with E-state index in [-0.39, 0.29) is 23.9 Å². The van der Waals surface area contributed by atoms with Crippen LogP contribution in [0.4, 0.5) is 0 Å². The highest BCUT2D eigenvalue weighted by molar-refractivity contribution is 5.85. The minimum atomic E-state index is -0.255. The summed E-state index contributed by atoms with van der Waals surface area (Å²) in [6.45, 7) is 6.47. The molecular formula is C12H23N3O2. The molecular weight excluding hydrogens is 218 g/mol. The van der Waals surface area contributed by atoms with Crippen molar-refractivity contribution in [3.63, 3.8) is 0 Å². The molecule has 0 radical (unpaired) electrons. The molecule has 0 aromatic heterocycles. The first-order chi connectivity index (χ1) is 7.87. The molecule has 2 amide bonds. The zero-order valence-electron chi connectivity index (χ0n) is 10.9. The van der Waals surface area contributed by atoms with Crippen molar-refractivity contribution in [1.82, 2.24) is 16.0 Å². The zero-order valence-corrected chi connectivity index (χ0v) is 10.9. The molecule has 0 aromatic carbocycles. The van der Waals surface area contributed by atoms with Crippen LogP contribution in [0.1, 0.15) is 40.0 Å². The number of nitrogens with one attached hydrogen (secondary N) is 3. The van der Waals surface area contributed by atoms with Gasteiger partial charge in [0.1, 0.15) is 0 Å². The molecule has 3 N–H and O–H groups in total. The van der Waals surface area contributed by atoms with E-state index in [0.717, 1.165) is 0 Å².